The van der Waals surface area contributed by atoms with Gasteiger partial charge in [-0.3, -0.25) is 0 Å². The number of allylic oxidation sites excluding steroid dienone is 2. The monoisotopic (exact) mass is 1160 g/mol. The fourth-order valence-electron chi connectivity index (χ4n) is 20.7. The van der Waals surface area contributed by atoms with E-state index in [1.807, 2.05) is 40.8 Å². The number of oxime groups is 2. The first kappa shape index (κ1) is 64.0. The number of aliphatic carboxylic acids is 1. The first-order chi connectivity index (χ1) is 38.7. The Labute approximate surface area is 517 Å². The summed E-state index contributed by atoms with van der Waals surface area (Å²) in [7, 11) is 0. The van der Waals surface area contributed by atoms with Gasteiger partial charge in [0, 0.05) is 42.2 Å². The zero-order valence-electron chi connectivity index (χ0n) is 51.4. The van der Waals surface area contributed by atoms with Crippen LogP contribution in [0.4, 0.5) is 4.79 Å². The number of carboxylic acids is 1. The van der Waals surface area contributed by atoms with Crippen molar-refractivity contribution < 1.29 is 74.1 Å². The molecule has 12 aliphatic rings. The molecule has 1 aromatic carbocycles. The van der Waals surface area contributed by atoms with Gasteiger partial charge in [-0.2, -0.15) is 0 Å². The van der Waals surface area contributed by atoms with Gasteiger partial charge in [0.05, 0.1) is 40.9 Å². The first-order valence-electron chi connectivity index (χ1n) is 31.7. The maximum atomic E-state index is 13.5. The van der Waals surface area contributed by atoms with Crippen LogP contribution in [0.2, 0.25) is 0 Å². The molecule has 13 rings (SSSR count). The van der Waals surface area contributed by atoms with Crippen LogP contribution >= 0.6 is 11.8 Å². The van der Waals surface area contributed by atoms with Crippen molar-refractivity contribution in [1.29, 1.82) is 0 Å². The largest absolute Gasteiger partial charge is 1.00 e. The Hall–Kier alpha value is -2.53. The van der Waals surface area contributed by atoms with E-state index in [0.29, 0.717) is 59.2 Å². The molecule has 6 saturated carbocycles. The summed E-state index contributed by atoms with van der Waals surface area (Å²) in [6.45, 7) is 22.6. The molecule has 10 fully saturated rings. The molecule has 1 aromatic rings. The minimum absolute atomic E-state index is 0. The fourth-order valence-corrected chi connectivity index (χ4v) is 20.7. The van der Waals surface area contributed by atoms with Crippen molar-refractivity contribution in [2.45, 2.75) is 233 Å². The molecule has 0 unspecified atom stereocenters. The topological polar surface area (TPSA) is 198 Å². The Morgan fingerprint density at radius 1 is 0.756 bits per heavy atom. The Balaban J connectivity index is 0.000000180. The number of rotatable bonds is 2. The number of halogens is 1. The summed E-state index contributed by atoms with van der Waals surface area (Å²) in [5, 5.41) is 45.9. The van der Waals surface area contributed by atoms with Gasteiger partial charge in [-0.1, -0.05) is 104 Å². The van der Waals surface area contributed by atoms with Crippen LogP contribution in [0.5, 0.6) is 0 Å². The number of fused-ring (bicyclic) bond motifs is 12. The maximum Gasteiger partial charge on any atom is 1.00 e. The second kappa shape index (κ2) is 26.0. The van der Waals surface area contributed by atoms with E-state index in [1.165, 1.54) is 82.0 Å². The quantitative estimate of drug-likeness (QED) is 0.0622. The summed E-state index contributed by atoms with van der Waals surface area (Å²) in [6.07, 6.45) is 23.7. The molecule has 82 heavy (non-hydrogen) atoms. The number of hydrogen-bond acceptors (Lipinski definition) is 13. The van der Waals surface area contributed by atoms with E-state index in [9.17, 15) is 15.2 Å². The Morgan fingerprint density at radius 3 is 1.76 bits per heavy atom. The minimum Gasteiger partial charge on any atom is -0.550 e. The number of hydrogen-bond donors (Lipinski definition) is 5. The maximum absolute atomic E-state index is 13.5. The summed E-state index contributed by atoms with van der Waals surface area (Å²) in [4.78, 5) is 25.7. The molecule has 5 N–H and O–H groups in total. The predicted molar refractivity (Wildman–Crippen MR) is 313 cm³/mol. The van der Waals surface area contributed by atoms with E-state index in [2.05, 4.69) is 82.8 Å². The summed E-state index contributed by atoms with van der Waals surface area (Å²) in [5.41, 5.74) is 10.5. The van der Waals surface area contributed by atoms with Crippen LogP contribution in [0.15, 0.2) is 62.9 Å². The normalized spacial score (nSPS) is 44.2. The molecule has 450 valence electrons. The minimum atomic E-state index is -1.08. The molecule has 4 heterocycles. The predicted octanol–water partition coefficient (Wildman–Crippen LogP) is 9.81. The second-order valence-electron chi connectivity index (χ2n) is 28.9. The number of nitrogens with one attached hydrogen (secondary N) is 2. The van der Waals surface area contributed by atoms with Gasteiger partial charge in [-0.15, -0.1) is 5.00 Å². The molecule has 0 bridgehead atoms. The van der Waals surface area contributed by atoms with Crippen molar-refractivity contribution in [2.75, 3.05) is 13.1 Å². The van der Waals surface area contributed by atoms with Gasteiger partial charge in [0.2, 0.25) is 0 Å². The summed E-state index contributed by atoms with van der Waals surface area (Å²) in [5.74, 6) is 6.95. The Bertz CT molecular complexity index is 2560. The molecule has 2 spiro atoms. The average Bonchev–Trinajstić information content (AvgIpc) is 4.19. The van der Waals surface area contributed by atoms with Gasteiger partial charge in [-0.25, -0.2) is 4.79 Å². The van der Waals surface area contributed by atoms with Crippen LogP contribution in [0, 0.1) is 81.8 Å². The summed E-state index contributed by atoms with van der Waals surface area (Å²) < 4.78 is 20.1. The molecular weight excluding hydrogens is 1070 g/mol. The van der Waals surface area contributed by atoms with Crippen LogP contribution in [-0.2, 0) is 25.6 Å². The van der Waals surface area contributed by atoms with Crippen molar-refractivity contribution in [3.63, 3.8) is 0 Å². The van der Waals surface area contributed by atoms with Gasteiger partial charge < -0.3 is 50.0 Å². The molecule has 4 saturated heterocycles. The number of carboxylic acid groups (broad SMARTS) is 1. The van der Waals surface area contributed by atoms with Crippen LogP contribution in [0.25, 0.3) is 0 Å². The van der Waals surface area contributed by atoms with Crippen LogP contribution in [-0.4, -0.2) is 92.6 Å². The third-order valence-electron chi connectivity index (χ3n) is 24.8. The second-order valence-corrected chi connectivity index (χ2v) is 29.1. The van der Waals surface area contributed by atoms with Crippen molar-refractivity contribution in [2.24, 2.45) is 92.2 Å². The smallest absolute Gasteiger partial charge is 0.550 e. The van der Waals surface area contributed by atoms with Crippen molar-refractivity contribution in [3.8, 4) is 0 Å². The van der Waals surface area contributed by atoms with Crippen LogP contribution < -0.4 is 45.0 Å². The first-order valence-corrected chi connectivity index (χ1v) is 32.1. The van der Waals surface area contributed by atoms with Crippen molar-refractivity contribution in [3.05, 3.63) is 58.2 Å². The number of carbonyl (C=O) groups is 2. The molecule has 4 aliphatic heterocycles. The number of amides is 1. The van der Waals surface area contributed by atoms with Crippen molar-refractivity contribution in [1.82, 2.24) is 15.2 Å². The molecular formula is C66H99ClN5NaO9. The van der Waals surface area contributed by atoms with E-state index < -0.39 is 5.97 Å². The van der Waals surface area contributed by atoms with E-state index in [-0.39, 0.29) is 64.9 Å². The van der Waals surface area contributed by atoms with Gasteiger partial charge in [0.15, 0.2) is 0 Å². The number of piperidine rings is 2. The van der Waals surface area contributed by atoms with E-state index in [1.54, 1.807) is 16.7 Å². The van der Waals surface area contributed by atoms with E-state index >= 15 is 0 Å². The fraction of sp³-hybridized carbons (Fsp3) is 0.788. The van der Waals surface area contributed by atoms with E-state index in [4.69, 9.17) is 29.3 Å². The number of likely N-dealkylation sites (tertiary alicyclic amines) is 1. The average molecular weight is 1160 g/mol. The molecule has 1 amide bonds. The molecule has 0 radical (unpaired) electrons. The SMILES string of the molecule is CC(=O)[O-].CC1=C2C[C@H]3[C@@H](CC[C@@H]4C/C(=N/O)CC[C@@]43C)[C@@H]2CC[C@@]2(C1)O[C@@H]1C[C@H](C)CN(C(=O)OCc3ccccc3)[C@H]1[C@H]2C.CC1=C2C[C@H]3[C@@H](CC[C@@H]4C/C(=N/O)CC[C@@]43C)[C@@H]2CC[C@@]2(C1)O[C@@H]1C[C@H](C)CN[C@H]1[C@H]2C.ONCl.[Na+]. The number of carbonyl (C=O) groups excluding carboxylic acids is 2. The summed E-state index contributed by atoms with van der Waals surface area (Å²) >= 11 is 4.30. The van der Waals surface area contributed by atoms with Gasteiger partial charge >= 0.3 is 35.7 Å². The third-order valence-corrected chi connectivity index (χ3v) is 24.8. The number of nitrogens with zero attached hydrogens (tertiary/aromatic N) is 3. The molecule has 8 aliphatic carbocycles. The number of benzene rings is 1. The Kier molecular flexibility index (Phi) is 20.3. The van der Waals surface area contributed by atoms with Gasteiger partial charge in [0.25, 0.3) is 0 Å². The third kappa shape index (κ3) is 12.1. The molecule has 0 aromatic heterocycles. The molecule has 16 heteroatoms. The Morgan fingerprint density at radius 2 is 1.24 bits per heavy atom. The summed E-state index contributed by atoms with van der Waals surface area (Å²) in [6, 6.07) is 10.6. The zero-order valence-corrected chi connectivity index (χ0v) is 54.2. The van der Waals surface area contributed by atoms with Gasteiger partial charge in [-0.05, 0) is 231 Å². The van der Waals surface area contributed by atoms with Crippen LogP contribution in [0.1, 0.15) is 196 Å². The number of ether oxygens (including phenoxy) is 3. The van der Waals surface area contributed by atoms with Crippen LogP contribution in [0.3, 0.4) is 0 Å². The van der Waals surface area contributed by atoms with Gasteiger partial charge in [0.1, 0.15) is 6.61 Å². The van der Waals surface area contributed by atoms with E-state index in [0.717, 1.165) is 124 Å². The standard InChI is InChI=1S/C36H50N2O4.C28H44N2O2.C2H4O2.ClH2NO.Na/c1-22-16-32-33(38(20-22)34(39)41-21-25-8-6-5-7-9-25)24(3)36(42-32)15-13-28-29-11-10-26-17-27(37-40)12-14-35(26,4)31(29)18-30(28)23(2)19-36;1-16-11-25-26(29-15-16)18(3)28(32-25)10-8-21-22-6-5-19-12-20(30-31)7-9-27(19,4)24(22)13-23(21)17(2)14-28;1-2(3)4;1-2-3;/h5-9,22,24,26,28-29,31-33,40H,10-21H2,1-4H3;16,18-19,21-22,24-26,29,31H,5-15H2,1-4H3;1H3,(H,3,4);2-3H;/q;;;;+1/p-1/b37-27+;30-20+;;;/t22-,24+,26+,28-,29-,31-,32+,33-,35-,36-;16-,18+,19+,21-,22-,24-,25+,26-,27-,28-;;;/m00.../s1. The molecule has 14 nitrogen and oxygen atoms in total. The zero-order chi connectivity index (χ0) is 57.8. The van der Waals surface area contributed by atoms with Crippen molar-refractivity contribution >= 4 is 35.3 Å². The molecule has 20 atom stereocenters.